The lowest BCUT2D eigenvalue weighted by Gasteiger charge is -2.22. The molecule has 0 fully saturated rings. The Kier molecular flexibility index (Phi) is 14.0. The smallest absolute Gasteiger partial charge is 0.326 e. The summed E-state index contributed by atoms with van der Waals surface area (Å²) in [7, 11) is 0. The molecule has 2 unspecified atom stereocenters. The molecule has 10 nitrogen and oxygen atoms in total. The summed E-state index contributed by atoms with van der Waals surface area (Å²) in [6.45, 7) is 9.14. The first-order chi connectivity index (χ1) is 26.0. The lowest BCUT2D eigenvalue weighted by Crippen LogP contribution is -2.53. The number of thiophene rings is 1. The summed E-state index contributed by atoms with van der Waals surface area (Å²) in [5.41, 5.74) is 3.95. The highest BCUT2D eigenvalue weighted by Gasteiger charge is 2.28. The number of rotatable bonds is 18. The van der Waals surface area contributed by atoms with Crippen molar-refractivity contribution in [2.24, 2.45) is 0 Å². The van der Waals surface area contributed by atoms with E-state index < -0.39 is 29.9 Å². The molecule has 0 aliphatic rings. The van der Waals surface area contributed by atoms with Crippen LogP contribution in [-0.2, 0) is 27.8 Å². The van der Waals surface area contributed by atoms with E-state index in [1.807, 2.05) is 54.6 Å². The van der Waals surface area contributed by atoms with Crippen LogP contribution >= 0.6 is 11.3 Å². The minimum absolute atomic E-state index is 0.0436. The molecule has 0 bridgehead atoms. The number of ether oxygens (including phenoxy) is 1. The summed E-state index contributed by atoms with van der Waals surface area (Å²) in [4.78, 5) is 54.1. The number of nitrogens with one attached hydrogen (secondary N) is 2. The first-order valence-corrected chi connectivity index (χ1v) is 19.3. The van der Waals surface area contributed by atoms with Crippen LogP contribution in [0.5, 0.6) is 5.75 Å². The fraction of sp³-hybridized carbons (Fsp3) is 0.349. The van der Waals surface area contributed by atoms with Crippen LogP contribution in [0.2, 0.25) is 0 Å². The van der Waals surface area contributed by atoms with Gasteiger partial charge in [-0.25, -0.2) is 14.8 Å². The normalized spacial score (nSPS) is 12.4. The number of aliphatic carboxylic acids is 1. The van der Waals surface area contributed by atoms with Gasteiger partial charge in [-0.2, -0.15) is 0 Å². The molecular formula is C43H49N5O5S. The molecular weight excluding hydrogens is 699 g/mol. The Bertz CT molecular complexity index is 1960. The van der Waals surface area contributed by atoms with Crippen molar-refractivity contribution in [2.75, 3.05) is 6.61 Å². The molecule has 5 rings (SSSR count). The zero-order valence-electron chi connectivity index (χ0n) is 31.4. The van der Waals surface area contributed by atoms with Gasteiger partial charge in [-0.15, -0.1) is 11.3 Å². The molecule has 282 valence electrons. The molecule has 2 aromatic carbocycles. The molecule has 0 saturated heterocycles. The number of carbonyl (C=O) groups excluding carboxylic acids is 2. The van der Waals surface area contributed by atoms with E-state index in [4.69, 9.17) is 4.74 Å². The lowest BCUT2D eigenvalue weighted by atomic mass is 9.95. The maximum Gasteiger partial charge on any atom is 0.326 e. The van der Waals surface area contributed by atoms with Crippen molar-refractivity contribution in [1.29, 1.82) is 0 Å². The summed E-state index contributed by atoms with van der Waals surface area (Å²) >= 11 is 1.37. The fourth-order valence-corrected chi connectivity index (χ4v) is 6.79. The van der Waals surface area contributed by atoms with E-state index in [2.05, 4.69) is 53.3 Å². The predicted octanol–water partition coefficient (Wildman–Crippen LogP) is 8.07. The Morgan fingerprint density at radius 3 is 2.07 bits per heavy atom. The van der Waals surface area contributed by atoms with E-state index in [0.717, 1.165) is 39.3 Å². The molecule has 3 N–H and O–H groups in total. The van der Waals surface area contributed by atoms with Gasteiger partial charge in [-0.1, -0.05) is 95.8 Å². The molecule has 5 aromatic rings. The fourth-order valence-electron chi connectivity index (χ4n) is 5.82. The summed E-state index contributed by atoms with van der Waals surface area (Å²) in [5, 5.41) is 15.5. The Morgan fingerprint density at radius 2 is 1.44 bits per heavy atom. The molecule has 3 heterocycles. The van der Waals surface area contributed by atoms with Gasteiger partial charge in [0.05, 0.1) is 11.5 Å². The highest BCUT2D eigenvalue weighted by molar-refractivity contribution is 7.14. The number of hydrogen-bond donors (Lipinski definition) is 3. The van der Waals surface area contributed by atoms with E-state index in [9.17, 15) is 19.5 Å². The van der Waals surface area contributed by atoms with Gasteiger partial charge in [0.25, 0.3) is 5.91 Å². The molecule has 0 aliphatic carbocycles. The number of unbranched alkanes of at least 4 members (excludes halogenated alkanes) is 4. The molecule has 3 aromatic heterocycles. The van der Waals surface area contributed by atoms with Crippen LogP contribution in [0, 0.1) is 0 Å². The third-order valence-electron chi connectivity index (χ3n) is 8.98. The number of hydrogen-bond acceptors (Lipinski definition) is 8. The Morgan fingerprint density at radius 1 is 0.759 bits per heavy atom. The molecule has 2 amide bonds. The van der Waals surface area contributed by atoms with Crippen molar-refractivity contribution in [2.45, 2.75) is 90.1 Å². The SMILES string of the molecule is CCCCCCCOc1ccc(-c2cnc(-c3ccc(CC(NC(=O)c4ccc(C(C)(C)C)s4)C(=O)NC(Cc4cccnc4)C(=O)O)cc3)nc2)cc1. The van der Waals surface area contributed by atoms with E-state index >= 15 is 0 Å². The first-order valence-electron chi connectivity index (χ1n) is 18.5. The first kappa shape index (κ1) is 39.8. The molecule has 54 heavy (non-hydrogen) atoms. The van der Waals surface area contributed by atoms with Crippen molar-refractivity contribution in [1.82, 2.24) is 25.6 Å². The Balaban J connectivity index is 1.26. The molecule has 0 aliphatic heterocycles. The standard InChI is InChI=1S/C43H49N5O5S/c1-5-6-7-8-9-23-53-34-18-16-31(17-19-34)33-27-45-39(46-28-33)32-14-12-29(13-15-32)24-35(47-41(50)37-20-21-38(54-37)43(2,3)4)40(49)48-36(42(51)52)25-30-11-10-22-44-26-30/h10-22,26-28,35-36H,5-9,23-25H2,1-4H3,(H,47,50)(H,48,49)(H,51,52). The topological polar surface area (TPSA) is 143 Å². The molecule has 0 radical (unpaired) electrons. The molecule has 11 heteroatoms. The Labute approximate surface area is 321 Å². The van der Waals surface area contributed by atoms with Crippen LogP contribution in [0.4, 0.5) is 0 Å². The van der Waals surface area contributed by atoms with Gasteiger partial charge in [-0.3, -0.25) is 14.6 Å². The zero-order chi connectivity index (χ0) is 38.5. The van der Waals surface area contributed by atoms with E-state index in [1.165, 1.54) is 37.0 Å². The average molecular weight is 748 g/mol. The van der Waals surface area contributed by atoms with Crippen molar-refractivity contribution in [3.05, 3.63) is 118 Å². The third-order valence-corrected chi connectivity index (χ3v) is 10.5. The second-order valence-electron chi connectivity index (χ2n) is 14.4. The van der Waals surface area contributed by atoms with Crippen LogP contribution in [-0.4, -0.2) is 56.5 Å². The number of carboxylic acids is 1. The van der Waals surface area contributed by atoms with Crippen LogP contribution < -0.4 is 15.4 Å². The number of amides is 2. The second-order valence-corrected chi connectivity index (χ2v) is 15.5. The van der Waals surface area contributed by atoms with Gasteiger partial charge in [0.15, 0.2) is 5.82 Å². The van der Waals surface area contributed by atoms with Crippen molar-refractivity contribution in [3.63, 3.8) is 0 Å². The zero-order valence-corrected chi connectivity index (χ0v) is 32.2. The lowest BCUT2D eigenvalue weighted by molar-refractivity contribution is -0.142. The average Bonchev–Trinajstić information content (AvgIpc) is 3.69. The minimum Gasteiger partial charge on any atom is -0.494 e. The third kappa shape index (κ3) is 11.5. The highest BCUT2D eigenvalue weighted by atomic mass is 32.1. The number of benzene rings is 2. The number of pyridine rings is 1. The summed E-state index contributed by atoms with van der Waals surface area (Å²) in [6.07, 6.45) is 12.9. The van der Waals surface area contributed by atoms with E-state index in [-0.39, 0.29) is 18.3 Å². The van der Waals surface area contributed by atoms with Gasteiger partial charge in [-0.05, 0) is 58.9 Å². The largest absolute Gasteiger partial charge is 0.494 e. The quantitative estimate of drug-likeness (QED) is 0.0764. The predicted molar refractivity (Wildman–Crippen MR) is 213 cm³/mol. The molecule has 0 saturated carbocycles. The van der Waals surface area contributed by atoms with Crippen LogP contribution in [0.25, 0.3) is 22.5 Å². The minimum atomic E-state index is -1.21. The van der Waals surface area contributed by atoms with Gasteiger partial charge in [0, 0.05) is 53.6 Å². The maximum absolute atomic E-state index is 13.7. The summed E-state index contributed by atoms with van der Waals surface area (Å²) in [5.74, 6) is -0.797. The summed E-state index contributed by atoms with van der Waals surface area (Å²) < 4.78 is 5.90. The van der Waals surface area contributed by atoms with Gasteiger partial charge < -0.3 is 20.5 Å². The van der Waals surface area contributed by atoms with E-state index in [1.54, 1.807) is 43.0 Å². The van der Waals surface area contributed by atoms with Gasteiger partial charge in [0.1, 0.15) is 17.8 Å². The van der Waals surface area contributed by atoms with Crippen LogP contribution in [0.3, 0.4) is 0 Å². The number of carbonyl (C=O) groups is 3. The molecule has 0 spiro atoms. The highest BCUT2D eigenvalue weighted by Crippen LogP contribution is 2.30. The number of aromatic nitrogens is 3. The second kappa shape index (κ2) is 19.1. The van der Waals surface area contributed by atoms with E-state index in [0.29, 0.717) is 22.9 Å². The van der Waals surface area contributed by atoms with Gasteiger partial charge >= 0.3 is 5.97 Å². The van der Waals surface area contributed by atoms with Crippen LogP contribution in [0.1, 0.15) is 85.5 Å². The van der Waals surface area contributed by atoms with Crippen molar-refractivity contribution < 1.29 is 24.2 Å². The van der Waals surface area contributed by atoms with Gasteiger partial charge in [0.2, 0.25) is 5.91 Å². The number of nitrogens with zero attached hydrogens (tertiary/aromatic N) is 3. The monoisotopic (exact) mass is 747 g/mol. The number of carboxylic acid groups (broad SMARTS) is 1. The Hall–Kier alpha value is -5.42. The summed E-state index contributed by atoms with van der Waals surface area (Å²) in [6, 6.07) is 20.3. The van der Waals surface area contributed by atoms with Crippen molar-refractivity contribution >= 4 is 29.1 Å². The van der Waals surface area contributed by atoms with Crippen molar-refractivity contribution in [3.8, 4) is 28.3 Å². The maximum atomic E-state index is 13.7. The molecule has 2 atom stereocenters. The van der Waals surface area contributed by atoms with Crippen LogP contribution in [0.15, 0.2) is 97.6 Å².